The molecule has 1 amide bonds. The molecule has 0 saturated heterocycles. The Balaban J connectivity index is 1.43. The van der Waals surface area contributed by atoms with Crippen molar-refractivity contribution in [2.24, 2.45) is 0 Å². The van der Waals surface area contributed by atoms with E-state index in [1.807, 2.05) is 13.0 Å². The van der Waals surface area contributed by atoms with Gasteiger partial charge < -0.3 is 5.32 Å². The summed E-state index contributed by atoms with van der Waals surface area (Å²) in [6.45, 7) is 2.73. The van der Waals surface area contributed by atoms with E-state index in [0.29, 0.717) is 6.04 Å². The molecule has 0 radical (unpaired) electrons. The van der Waals surface area contributed by atoms with E-state index in [9.17, 15) is 4.79 Å². The van der Waals surface area contributed by atoms with Gasteiger partial charge in [-0.2, -0.15) is 5.10 Å². The predicted molar refractivity (Wildman–Crippen MR) is 96.2 cm³/mol. The first-order chi connectivity index (χ1) is 11.8. The number of aromatic nitrogens is 2. The lowest BCUT2D eigenvalue weighted by atomic mass is 10.1. The van der Waals surface area contributed by atoms with E-state index in [1.165, 1.54) is 31.2 Å². The molecule has 3 rings (SSSR count). The van der Waals surface area contributed by atoms with Crippen molar-refractivity contribution in [2.45, 2.75) is 57.9 Å². The fourth-order valence-corrected chi connectivity index (χ4v) is 3.56. The van der Waals surface area contributed by atoms with Crippen LogP contribution >= 0.6 is 0 Å². The molecule has 24 heavy (non-hydrogen) atoms. The van der Waals surface area contributed by atoms with Crippen LogP contribution in [0.4, 0.5) is 0 Å². The van der Waals surface area contributed by atoms with Crippen LogP contribution in [0.15, 0.2) is 36.5 Å². The van der Waals surface area contributed by atoms with Crippen molar-refractivity contribution in [3.8, 4) is 0 Å². The topological polar surface area (TPSA) is 46.9 Å². The number of carbonyl (C=O) groups is 1. The molecule has 2 aromatic rings. The fourth-order valence-electron chi connectivity index (χ4n) is 3.56. The molecular weight excluding hydrogens is 298 g/mol. The van der Waals surface area contributed by atoms with Gasteiger partial charge in [0.25, 0.3) is 5.91 Å². The number of hydrogen-bond acceptors (Lipinski definition) is 2. The minimum absolute atomic E-state index is 0.0106. The molecule has 0 unspecified atom stereocenters. The van der Waals surface area contributed by atoms with Crippen molar-refractivity contribution in [3.05, 3.63) is 53.3 Å². The number of rotatable bonds is 7. The highest BCUT2D eigenvalue weighted by atomic mass is 16.1. The molecule has 1 fully saturated rings. The Hall–Kier alpha value is -2.10. The van der Waals surface area contributed by atoms with E-state index in [1.54, 1.807) is 6.20 Å². The van der Waals surface area contributed by atoms with E-state index in [-0.39, 0.29) is 5.91 Å². The number of benzene rings is 1. The third-order valence-electron chi connectivity index (χ3n) is 4.98. The Morgan fingerprint density at radius 1 is 1.21 bits per heavy atom. The van der Waals surface area contributed by atoms with Crippen molar-refractivity contribution in [1.29, 1.82) is 0 Å². The van der Waals surface area contributed by atoms with Crippen LogP contribution in [-0.4, -0.2) is 22.2 Å². The van der Waals surface area contributed by atoms with Crippen LogP contribution in [0.1, 0.15) is 66.2 Å². The van der Waals surface area contributed by atoms with Crippen LogP contribution in [0.5, 0.6) is 0 Å². The molecule has 4 heteroatoms. The highest BCUT2D eigenvalue weighted by molar-refractivity contribution is 5.95. The van der Waals surface area contributed by atoms with E-state index in [4.69, 9.17) is 0 Å². The smallest absolute Gasteiger partial charge is 0.254 e. The minimum Gasteiger partial charge on any atom is -0.352 e. The van der Waals surface area contributed by atoms with E-state index in [2.05, 4.69) is 39.4 Å². The molecule has 0 atom stereocenters. The van der Waals surface area contributed by atoms with Gasteiger partial charge in [-0.15, -0.1) is 0 Å². The average Bonchev–Trinajstić information content (AvgIpc) is 3.24. The molecular formula is C20H27N3O. The maximum atomic E-state index is 12.4. The summed E-state index contributed by atoms with van der Waals surface area (Å²) in [6.07, 6.45) is 9.79. The molecule has 1 aromatic heterocycles. The average molecular weight is 325 g/mol. The SMILES string of the molecule is Cc1c(C(=O)NCCCCc2ccccc2)cnn1C1CCCC1. The Kier molecular flexibility index (Phi) is 5.68. The van der Waals surface area contributed by atoms with Crippen molar-refractivity contribution in [2.75, 3.05) is 6.54 Å². The maximum Gasteiger partial charge on any atom is 0.254 e. The molecule has 0 bridgehead atoms. The van der Waals surface area contributed by atoms with Crippen molar-refractivity contribution < 1.29 is 4.79 Å². The molecule has 128 valence electrons. The normalized spacial score (nSPS) is 14.9. The molecule has 1 aliphatic carbocycles. The highest BCUT2D eigenvalue weighted by Crippen LogP contribution is 2.30. The van der Waals surface area contributed by atoms with Crippen LogP contribution in [0.25, 0.3) is 0 Å². The molecule has 0 aliphatic heterocycles. The summed E-state index contributed by atoms with van der Waals surface area (Å²) in [5.41, 5.74) is 3.09. The lowest BCUT2D eigenvalue weighted by molar-refractivity contribution is 0.0952. The van der Waals surface area contributed by atoms with Crippen molar-refractivity contribution in [1.82, 2.24) is 15.1 Å². The largest absolute Gasteiger partial charge is 0.352 e. The van der Waals surface area contributed by atoms with Gasteiger partial charge in [0.15, 0.2) is 0 Å². The van der Waals surface area contributed by atoms with Gasteiger partial charge in [-0.1, -0.05) is 43.2 Å². The molecule has 1 saturated carbocycles. The van der Waals surface area contributed by atoms with Gasteiger partial charge in [0, 0.05) is 12.2 Å². The van der Waals surface area contributed by atoms with Crippen LogP contribution in [0.3, 0.4) is 0 Å². The fraction of sp³-hybridized carbons (Fsp3) is 0.500. The molecule has 1 N–H and O–H groups in total. The summed E-state index contributed by atoms with van der Waals surface area (Å²) >= 11 is 0. The summed E-state index contributed by atoms with van der Waals surface area (Å²) in [6, 6.07) is 11.0. The molecule has 1 heterocycles. The monoisotopic (exact) mass is 325 g/mol. The zero-order valence-corrected chi connectivity index (χ0v) is 14.5. The molecule has 1 aromatic carbocycles. The zero-order chi connectivity index (χ0) is 16.8. The van der Waals surface area contributed by atoms with Gasteiger partial charge in [-0.25, -0.2) is 0 Å². The molecule has 0 spiro atoms. The number of carbonyl (C=O) groups excluding carboxylic acids is 1. The summed E-state index contributed by atoms with van der Waals surface area (Å²) in [7, 11) is 0. The van der Waals surface area contributed by atoms with Gasteiger partial charge in [-0.3, -0.25) is 9.48 Å². The number of unbranched alkanes of at least 4 members (excludes halogenated alkanes) is 1. The first-order valence-electron chi connectivity index (χ1n) is 9.12. The maximum absolute atomic E-state index is 12.4. The van der Waals surface area contributed by atoms with Gasteiger partial charge in [0.2, 0.25) is 0 Å². The van der Waals surface area contributed by atoms with Gasteiger partial charge in [0.1, 0.15) is 0 Å². The highest BCUT2D eigenvalue weighted by Gasteiger charge is 2.22. The van der Waals surface area contributed by atoms with Crippen LogP contribution in [0, 0.1) is 6.92 Å². The van der Waals surface area contributed by atoms with E-state index in [0.717, 1.165) is 37.1 Å². The number of aryl methyl sites for hydroxylation is 1. The van der Waals surface area contributed by atoms with Gasteiger partial charge in [0.05, 0.1) is 17.8 Å². The van der Waals surface area contributed by atoms with Crippen molar-refractivity contribution >= 4 is 5.91 Å². The number of nitrogens with one attached hydrogen (secondary N) is 1. The summed E-state index contributed by atoms with van der Waals surface area (Å²) in [4.78, 5) is 12.4. The number of hydrogen-bond donors (Lipinski definition) is 1. The summed E-state index contributed by atoms with van der Waals surface area (Å²) < 4.78 is 2.05. The lowest BCUT2D eigenvalue weighted by Gasteiger charge is -2.12. The number of amides is 1. The number of nitrogens with zero attached hydrogens (tertiary/aromatic N) is 2. The van der Waals surface area contributed by atoms with Gasteiger partial charge >= 0.3 is 0 Å². The Morgan fingerprint density at radius 3 is 2.71 bits per heavy atom. The lowest BCUT2D eigenvalue weighted by Crippen LogP contribution is -2.25. The van der Waals surface area contributed by atoms with Gasteiger partial charge in [-0.05, 0) is 44.6 Å². The third-order valence-corrected chi connectivity index (χ3v) is 4.98. The standard InChI is InChI=1S/C20H27N3O/c1-16-19(15-22-23(16)18-12-5-6-13-18)20(24)21-14-8-7-11-17-9-3-2-4-10-17/h2-4,9-10,15,18H,5-8,11-14H2,1H3,(H,21,24). The van der Waals surface area contributed by atoms with Crippen molar-refractivity contribution in [3.63, 3.8) is 0 Å². The van der Waals surface area contributed by atoms with Crippen LogP contribution < -0.4 is 5.32 Å². The second-order valence-electron chi connectivity index (χ2n) is 6.73. The third kappa shape index (κ3) is 4.05. The first-order valence-corrected chi connectivity index (χ1v) is 9.12. The summed E-state index contributed by atoms with van der Waals surface area (Å²) in [5, 5.41) is 7.50. The second-order valence-corrected chi connectivity index (χ2v) is 6.73. The Bertz CT molecular complexity index is 657. The first kappa shape index (κ1) is 16.7. The molecule has 1 aliphatic rings. The van der Waals surface area contributed by atoms with Crippen LogP contribution in [-0.2, 0) is 6.42 Å². The quantitative estimate of drug-likeness (QED) is 0.780. The predicted octanol–water partition coefficient (Wildman–Crippen LogP) is 4.06. The summed E-state index contributed by atoms with van der Waals surface area (Å²) in [5.74, 6) is 0.0106. The minimum atomic E-state index is 0.0106. The van der Waals surface area contributed by atoms with E-state index >= 15 is 0 Å². The zero-order valence-electron chi connectivity index (χ0n) is 14.5. The van der Waals surface area contributed by atoms with E-state index < -0.39 is 0 Å². The van der Waals surface area contributed by atoms with Crippen LogP contribution in [0.2, 0.25) is 0 Å². The molecule has 4 nitrogen and oxygen atoms in total. The second kappa shape index (κ2) is 8.13. The Labute approximate surface area is 144 Å². The Morgan fingerprint density at radius 2 is 1.96 bits per heavy atom.